The lowest BCUT2D eigenvalue weighted by atomic mass is 9.86. The molecule has 1 unspecified atom stereocenters. The van der Waals surface area contributed by atoms with Gasteiger partial charge in [-0.3, -0.25) is 14.4 Å². The van der Waals surface area contributed by atoms with Crippen LogP contribution in [-0.4, -0.2) is 41.6 Å². The number of pyridine rings is 1. The van der Waals surface area contributed by atoms with Crippen molar-refractivity contribution >= 4 is 23.4 Å². The molecular weight excluding hydrogens is 454 g/mol. The summed E-state index contributed by atoms with van der Waals surface area (Å²) in [5.41, 5.74) is 3.09. The Morgan fingerprint density at radius 1 is 0.972 bits per heavy atom. The van der Waals surface area contributed by atoms with E-state index >= 15 is 0 Å². The first-order chi connectivity index (χ1) is 17.0. The molecule has 3 rings (SSSR count). The minimum Gasteiger partial charge on any atom is -0.497 e. The van der Waals surface area contributed by atoms with E-state index in [9.17, 15) is 14.4 Å². The molecule has 188 valence electrons. The van der Waals surface area contributed by atoms with E-state index in [1.165, 1.54) is 23.6 Å². The molecule has 2 amide bonds. The summed E-state index contributed by atoms with van der Waals surface area (Å²) in [6, 6.07) is 17.5. The second kappa shape index (κ2) is 11.2. The number of carbonyl (C=O) groups excluding carboxylic acids is 3. The molecule has 0 bridgehead atoms. The van der Waals surface area contributed by atoms with E-state index < -0.39 is 6.04 Å². The minimum absolute atomic E-state index is 0.0182. The smallest absolute Gasteiger partial charge is 0.256 e. The number of benzene rings is 2. The third-order valence-electron chi connectivity index (χ3n) is 5.96. The standard InChI is InChI=1S/C29H33N3O4/c1-19(33)31-26-16-11-22(18-30-26)28(35)32(5)27(21-9-14-24(36-6)15-10-21)25(34)17-20-7-12-23(13-8-20)29(2,3)4/h7-16,18,27H,17H2,1-6H3,(H,30,31,33). The molecule has 1 heterocycles. The number of Topliss-reactive ketones (excluding diaryl/α,β-unsaturated/α-hetero) is 1. The molecule has 0 aliphatic rings. The predicted octanol–water partition coefficient (Wildman–Crippen LogP) is 4.97. The number of ether oxygens (including phenoxy) is 1. The molecule has 1 N–H and O–H groups in total. The summed E-state index contributed by atoms with van der Waals surface area (Å²) < 4.78 is 5.26. The van der Waals surface area contributed by atoms with Crippen molar-refractivity contribution in [2.75, 3.05) is 19.5 Å². The number of likely N-dealkylation sites (N-methyl/N-ethyl adjacent to an activating group) is 1. The van der Waals surface area contributed by atoms with Crippen molar-refractivity contribution in [3.05, 3.63) is 89.1 Å². The lowest BCUT2D eigenvalue weighted by Gasteiger charge is -2.28. The van der Waals surface area contributed by atoms with Crippen LogP contribution in [0.25, 0.3) is 0 Å². The number of nitrogens with one attached hydrogen (secondary N) is 1. The van der Waals surface area contributed by atoms with Crippen LogP contribution in [-0.2, 0) is 21.4 Å². The highest BCUT2D eigenvalue weighted by Crippen LogP contribution is 2.27. The number of nitrogens with zero attached hydrogens (tertiary/aromatic N) is 2. The molecule has 2 aromatic carbocycles. The first kappa shape index (κ1) is 26.6. The molecule has 36 heavy (non-hydrogen) atoms. The van der Waals surface area contributed by atoms with E-state index in [-0.39, 0.29) is 29.4 Å². The number of carbonyl (C=O) groups is 3. The van der Waals surface area contributed by atoms with Crippen LogP contribution in [0, 0.1) is 0 Å². The van der Waals surface area contributed by atoms with Gasteiger partial charge in [-0.1, -0.05) is 57.2 Å². The summed E-state index contributed by atoms with van der Waals surface area (Å²) in [5.74, 6) is 0.300. The summed E-state index contributed by atoms with van der Waals surface area (Å²) in [7, 11) is 3.19. The van der Waals surface area contributed by atoms with Gasteiger partial charge in [-0.25, -0.2) is 4.98 Å². The van der Waals surface area contributed by atoms with Crippen molar-refractivity contribution in [1.82, 2.24) is 9.88 Å². The van der Waals surface area contributed by atoms with Crippen molar-refractivity contribution in [1.29, 1.82) is 0 Å². The van der Waals surface area contributed by atoms with Crippen LogP contribution in [0.15, 0.2) is 66.9 Å². The first-order valence-corrected chi connectivity index (χ1v) is 11.8. The van der Waals surface area contributed by atoms with Gasteiger partial charge in [-0.15, -0.1) is 0 Å². The third kappa shape index (κ3) is 6.56. The summed E-state index contributed by atoms with van der Waals surface area (Å²) in [4.78, 5) is 43.8. The molecule has 0 radical (unpaired) electrons. The molecule has 0 fully saturated rings. The maximum Gasteiger partial charge on any atom is 0.256 e. The largest absolute Gasteiger partial charge is 0.497 e. The predicted molar refractivity (Wildman–Crippen MR) is 140 cm³/mol. The van der Waals surface area contributed by atoms with Gasteiger partial charge in [0.1, 0.15) is 17.6 Å². The molecule has 0 saturated carbocycles. The lowest BCUT2D eigenvalue weighted by Crippen LogP contribution is -2.36. The highest BCUT2D eigenvalue weighted by molar-refractivity contribution is 5.98. The zero-order chi connectivity index (χ0) is 26.5. The van der Waals surface area contributed by atoms with E-state index in [1.54, 1.807) is 50.6 Å². The summed E-state index contributed by atoms with van der Waals surface area (Å²) in [6.45, 7) is 7.82. The Kier molecular flexibility index (Phi) is 8.25. The van der Waals surface area contributed by atoms with Crippen molar-refractivity contribution < 1.29 is 19.1 Å². The maximum atomic E-state index is 13.6. The molecule has 7 heteroatoms. The average molecular weight is 488 g/mol. The molecule has 0 aliphatic heterocycles. The van der Waals surface area contributed by atoms with Crippen molar-refractivity contribution in [3.8, 4) is 5.75 Å². The highest BCUT2D eigenvalue weighted by atomic mass is 16.5. The van der Waals surface area contributed by atoms with Gasteiger partial charge in [0.15, 0.2) is 5.78 Å². The number of aromatic nitrogens is 1. The fraction of sp³-hybridized carbons (Fsp3) is 0.310. The van der Waals surface area contributed by atoms with Crippen LogP contribution in [0.1, 0.15) is 60.8 Å². The van der Waals surface area contributed by atoms with Gasteiger partial charge in [0, 0.05) is 26.6 Å². The molecule has 0 spiro atoms. The number of anilines is 1. The second-order valence-electron chi connectivity index (χ2n) is 9.80. The molecule has 7 nitrogen and oxygen atoms in total. The summed E-state index contributed by atoms with van der Waals surface area (Å²) in [5, 5.41) is 2.58. The molecular formula is C29H33N3O4. The number of rotatable bonds is 8. The van der Waals surface area contributed by atoms with Gasteiger partial charge >= 0.3 is 0 Å². The number of methoxy groups -OCH3 is 1. The monoisotopic (exact) mass is 487 g/mol. The minimum atomic E-state index is -0.805. The normalized spacial score (nSPS) is 11.9. The number of hydrogen-bond acceptors (Lipinski definition) is 5. The van der Waals surface area contributed by atoms with Crippen LogP contribution < -0.4 is 10.1 Å². The Bertz CT molecular complexity index is 1210. The molecule has 1 atom stereocenters. The van der Waals surface area contributed by atoms with Gasteiger partial charge < -0.3 is 15.0 Å². The van der Waals surface area contributed by atoms with Crippen molar-refractivity contribution in [2.24, 2.45) is 0 Å². The van der Waals surface area contributed by atoms with E-state index in [1.807, 2.05) is 24.3 Å². The van der Waals surface area contributed by atoms with Crippen LogP contribution in [0.3, 0.4) is 0 Å². The van der Waals surface area contributed by atoms with Crippen LogP contribution in [0.2, 0.25) is 0 Å². The van der Waals surface area contributed by atoms with E-state index in [4.69, 9.17) is 4.74 Å². The second-order valence-corrected chi connectivity index (χ2v) is 9.80. The van der Waals surface area contributed by atoms with E-state index in [0.717, 1.165) is 5.56 Å². The molecule has 3 aromatic rings. The van der Waals surface area contributed by atoms with Gasteiger partial charge in [0.2, 0.25) is 5.91 Å². The third-order valence-corrected chi connectivity index (χ3v) is 5.96. The van der Waals surface area contributed by atoms with Crippen molar-refractivity contribution in [3.63, 3.8) is 0 Å². The van der Waals surface area contributed by atoms with Gasteiger partial charge in [0.25, 0.3) is 5.91 Å². The molecule has 0 saturated heterocycles. The Balaban J connectivity index is 1.89. The summed E-state index contributed by atoms with van der Waals surface area (Å²) in [6.07, 6.45) is 1.57. The molecule has 0 aliphatic carbocycles. The van der Waals surface area contributed by atoms with E-state index in [0.29, 0.717) is 22.7 Å². The quantitative estimate of drug-likeness (QED) is 0.485. The lowest BCUT2D eigenvalue weighted by molar-refractivity contribution is -0.122. The number of amides is 2. The molecule has 1 aromatic heterocycles. The van der Waals surface area contributed by atoms with Crippen LogP contribution >= 0.6 is 0 Å². The summed E-state index contributed by atoms with van der Waals surface area (Å²) >= 11 is 0. The maximum absolute atomic E-state index is 13.6. The Morgan fingerprint density at radius 2 is 1.61 bits per heavy atom. The first-order valence-electron chi connectivity index (χ1n) is 11.8. The van der Waals surface area contributed by atoms with E-state index in [2.05, 4.69) is 31.1 Å². The highest BCUT2D eigenvalue weighted by Gasteiger charge is 2.29. The fourth-order valence-corrected chi connectivity index (χ4v) is 3.93. The number of ketones is 1. The van der Waals surface area contributed by atoms with Crippen molar-refractivity contribution in [2.45, 2.75) is 45.6 Å². The zero-order valence-electron chi connectivity index (χ0n) is 21.7. The zero-order valence-corrected chi connectivity index (χ0v) is 21.7. The Labute approximate surface area is 212 Å². The number of hydrogen-bond donors (Lipinski definition) is 1. The van der Waals surface area contributed by atoms with Gasteiger partial charge in [0.05, 0.1) is 12.7 Å². The van der Waals surface area contributed by atoms with Gasteiger partial charge in [-0.2, -0.15) is 0 Å². The van der Waals surface area contributed by atoms with Crippen LogP contribution in [0.5, 0.6) is 5.75 Å². The topological polar surface area (TPSA) is 88.6 Å². The average Bonchev–Trinajstić information content (AvgIpc) is 2.84. The van der Waals surface area contributed by atoms with Crippen LogP contribution in [0.4, 0.5) is 5.82 Å². The fourth-order valence-electron chi connectivity index (χ4n) is 3.93. The van der Waals surface area contributed by atoms with Gasteiger partial charge in [-0.05, 0) is 46.4 Å². The SMILES string of the molecule is COc1ccc(C(C(=O)Cc2ccc(C(C)(C)C)cc2)N(C)C(=O)c2ccc(NC(C)=O)nc2)cc1. The Morgan fingerprint density at radius 3 is 2.11 bits per heavy atom. The Hall–Kier alpha value is -4.00.